The lowest BCUT2D eigenvalue weighted by molar-refractivity contribution is -0.131. The lowest BCUT2D eigenvalue weighted by atomic mass is 9.93. The minimum atomic E-state index is -0.891. The molecule has 4 unspecified atom stereocenters. The molecule has 3 aliphatic rings. The minimum absolute atomic E-state index is 0.00844. The quantitative estimate of drug-likeness (QED) is 0.903. The van der Waals surface area contributed by atoms with Gasteiger partial charge in [0.1, 0.15) is 6.17 Å². The number of carbonyl (C=O) groups excluding carboxylic acids is 1. The van der Waals surface area contributed by atoms with Crippen LogP contribution < -0.4 is 5.32 Å². The molecule has 4 atom stereocenters. The number of rotatable bonds is 2. The van der Waals surface area contributed by atoms with E-state index in [1.165, 1.54) is 6.07 Å². The molecule has 2 bridgehead atoms. The van der Waals surface area contributed by atoms with Gasteiger partial charge in [-0.1, -0.05) is 6.07 Å². The molecule has 1 N–H and O–H groups in total. The van der Waals surface area contributed by atoms with Crippen LogP contribution in [0, 0.1) is 11.6 Å². The highest BCUT2D eigenvalue weighted by Crippen LogP contribution is 2.40. The second-order valence-corrected chi connectivity index (χ2v) is 5.93. The molecule has 6 heteroatoms. The summed E-state index contributed by atoms with van der Waals surface area (Å²) in [7, 11) is 0. The van der Waals surface area contributed by atoms with Gasteiger partial charge in [-0.25, -0.2) is 8.78 Å². The van der Waals surface area contributed by atoms with Crippen LogP contribution in [0.1, 0.15) is 31.0 Å². The van der Waals surface area contributed by atoms with Crippen molar-refractivity contribution >= 4 is 5.91 Å². The maximum atomic E-state index is 13.5. The van der Waals surface area contributed by atoms with Crippen molar-refractivity contribution in [3.05, 3.63) is 35.4 Å². The van der Waals surface area contributed by atoms with Crippen LogP contribution in [0.15, 0.2) is 18.2 Å². The fourth-order valence-corrected chi connectivity index (χ4v) is 3.76. The number of nitrogens with one attached hydrogen (secondary N) is 1. The van der Waals surface area contributed by atoms with Crippen molar-refractivity contribution in [1.29, 1.82) is 0 Å². The molecule has 3 heterocycles. The Morgan fingerprint density at radius 3 is 2.76 bits per heavy atom. The third kappa shape index (κ3) is 2.05. The summed E-state index contributed by atoms with van der Waals surface area (Å²) < 4.78 is 32.4. The Hall–Kier alpha value is -1.53. The standard InChI is InChI=1S/C15H16F2N2O2/c16-10-3-1-8(5-11(10)17)15-18-7-14(20)19(15)12-6-9-2-4-13(12)21-9/h1,3,5,9,12-13,15,18H,2,4,6-7H2. The first-order chi connectivity index (χ1) is 10.1. The van der Waals surface area contributed by atoms with Gasteiger partial charge in [-0.3, -0.25) is 10.1 Å². The van der Waals surface area contributed by atoms with Crippen molar-refractivity contribution in [2.24, 2.45) is 0 Å². The SMILES string of the molecule is O=C1CNC(c2ccc(F)c(F)c2)N1C1CC2CCC1O2. The Labute approximate surface area is 121 Å². The van der Waals surface area contributed by atoms with Crippen molar-refractivity contribution in [3.63, 3.8) is 0 Å². The van der Waals surface area contributed by atoms with E-state index in [0.29, 0.717) is 5.56 Å². The lowest BCUT2D eigenvalue weighted by Gasteiger charge is -2.34. The molecule has 4 nitrogen and oxygen atoms in total. The molecule has 112 valence electrons. The summed E-state index contributed by atoms with van der Waals surface area (Å²) in [5.41, 5.74) is 0.572. The van der Waals surface area contributed by atoms with Crippen LogP contribution in [0.4, 0.5) is 8.78 Å². The molecular weight excluding hydrogens is 278 g/mol. The first-order valence-corrected chi connectivity index (χ1v) is 7.28. The van der Waals surface area contributed by atoms with Gasteiger partial charge in [-0.05, 0) is 37.0 Å². The molecular formula is C15H16F2N2O2. The maximum absolute atomic E-state index is 13.5. The molecule has 3 aliphatic heterocycles. The van der Waals surface area contributed by atoms with Gasteiger partial charge in [0.15, 0.2) is 11.6 Å². The molecule has 3 saturated heterocycles. The number of amides is 1. The van der Waals surface area contributed by atoms with E-state index in [2.05, 4.69) is 5.32 Å². The van der Waals surface area contributed by atoms with E-state index in [1.807, 2.05) is 0 Å². The van der Waals surface area contributed by atoms with Crippen molar-refractivity contribution in [2.45, 2.75) is 43.7 Å². The molecule has 0 aliphatic carbocycles. The summed E-state index contributed by atoms with van der Waals surface area (Å²) in [5, 5.41) is 3.09. The van der Waals surface area contributed by atoms with E-state index in [1.54, 1.807) is 4.90 Å². The molecule has 21 heavy (non-hydrogen) atoms. The molecule has 0 saturated carbocycles. The van der Waals surface area contributed by atoms with E-state index in [9.17, 15) is 13.6 Å². The monoisotopic (exact) mass is 294 g/mol. The van der Waals surface area contributed by atoms with Gasteiger partial charge < -0.3 is 9.64 Å². The first kappa shape index (κ1) is 13.2. The van der Waals surface area contributed by atoms with Crippen molar-refractivity contribution < 1.29 is 18.3 Å². The molecule has 0 radical (unpaired) electrons. The molecule has 1 aromatic rings. The zero-order valence-electron chi connectivity index (χ0n) is 11.4. The molecule has 0 spiro atoms. The van der Waals surface area contributed by atoms with Crippen molar-refractivity contribution in [2.75, 3.05) is 6.54 Å². The third-order valence-corrected chi connectivity index (χ3v) is 4.70. The molecule has 0 aromatic heterocycles. The summed E-state index contributed by atoms with van der Waals surface area (Å²) in [4.78, 5) is 14.0. The topological polar surface area (TPSA) is 41.6 Å². The average Bonchev–Trinajstić information content (AvgIpc) is 3.16. The lowest BCUT2D eigenvalue weighted by Crippen LogP contribution is -2.45. The molecule has 4 rings (SSSR count). The van der Waals surface area contributed by atoms with Gasteiger partial charge in [0.2, 0.25) is 5.91 Å². The van der Waals surface area contributed by atoms with Crippen LogP contribution >= 0.6 is 0 Å². The van der Waals surface area contributed by atoms with Gasteiger partial charge in [-0.2, -0.15) is 0 Å². The number of nitrogens with zero attached hydrogens (tertiary/aromatic N) is 1. The number of hydrogen-bond donors (Lipinski definition) is 1. The van der Waals surface area contributed by atoms with E-state index in [0.717, 1.165) is 31.4 Å². The number of carbonyl (C=O) groups is 1. The summed E-state index contributed by atoms with van der Waals surface area (Å²) >= 11 is 0. The number of hydrogen-bond acceptors (Lipinski definition) is 3. The predicted octanol–water partition coefficient (Wildman–Crippen LogP) is 1.72. The second-order valence-electron chi connectivity index (χ2n) is 5.93. The highest BCUT2D eigenvalue weighted by Gasteiger charge is 2.48. The summed E-state index contributed by atoms with van der Waals surface area (Å²) in [6.07, 6.45) is 2.75. The van der Waals surface area contributed by atoms with Gasteiger partial charge in [0.25, 0.3) is 0 Å². The van der Waals surface area contributed by atoms with E-state index >= 15 is 0 Å². The second kappa shape index (κ2) is 4.74. The predicted molar refractivity (Wildman–Crippen MR) is 70.2 cm³/mol. The molecule has 1 amide bonds. The van der Waals surface area contributed by atoms with Gasteiger partial charge >= 0.3 is 0 Å². The summed E-state index contributed by atoms with van der Waals surface area (Å²) in [6, 6.07) is 3.82. The Bertz CT molecular complexity index is 595. The van der Waals surface area contributed by atoms with E-state index < -0.39 is 17.8 Å². The fraction of sp³-hybridized carbons (Fsp3) is 0.533. The minimum Gasteiger partial charge on any atom is -0.373 e. The maximum Gasteiger partial charge on any atom is 0.238 e. The Morgan fingerprint density at radius 1 is 1.24 bits per heavy atom. The van der Waals surface area contributed by atoms with Crippen LogP contribution in [-0.4, -0.2) is 35.6 Å². The average molecular weight is 294 g/mol. The number of ether oxygens (including phenoxy) is 1. The summed E-state index contributed by atoms with van der Waals surface area (Å²) in [6.45, 7) is 0.220. The number of fused-ring (bicyclic) bond motifs is 2. The first-order valence-electron chi connectivity index (χ1n) is 7.28. The Balaban J connectivity index is 1.64. The van der Waals surface area contributed by atoms with E-state index in [4.69, 9.17) is 4.74 Å². The Morgan fingerprint density at radius 2 is 2.10 bits per heavy atom. The molecule has 3 fully saturated rings. The largest absolute Gasteiger partial charge is 0.373 e. The van der Waals surface area contributed by atoms with Crippen LogP contribution in [0.5, 0.6) is 0 Å². The summed E-state index contributed by atoms with van der Waals surface area (Å²) in [5.74, 6) is -1.78. The highest BCUT2D eigenvalue weighted by molar-refractivity contribution is 5.81. The van der Waals surface area contributed by atoms with Crippen LogP contribution in [0.3, 0.4) is 0 Å². The number of halogens is 2. The fourth-order valence-electron chi connectivity index (χ4n) is 3.76. The zero-order chi connectivity index (χ0) is 14.6. The van der Waals surface area contributed by atoms with Gasteiger partial charge in [-0.15, -0.1) is 0 Å². The smallest absolute Gasteiger partial charge is 0.238 e. The Kier molecular flexibility index (Phi) is 2.97. The van der Waals surface area contributed by atoms with Crippen LogP contribution in [0.25, 0.3) is 0 Å². The van der Waals surface area contributed by atoms with Crippen molar-refractivity contribution in [3.8, 4) is 0 Å². The van der Waals surface area contributed by atoms with Gasteiger partial charge in [0.05, 0.1) is 24.8 Å². The van der Waals surface area contributed by atoms with E-state index in [-0.39, 0.29) is 30.7 Å². The van der Waals surface area contributed by atoms with Crippen molar-refractivity contribution in [1.82, 2.24) is 10.2 Å². The zero-order valence-corrected chi connectivity index (χ0v) is 11.4. The number of benzene rings is 1. The van der Waals surface area contributed by atoms with Gasteiger partial charge in [0, 0.05) is 0 Å². The molecule has 1 aromatic carbocycles. The third-order valence-electron chi connectivity index (χ3n) is 4.70. The van der Waals surface area contributed by atoms with Crippen LogP contribution in [0.2, 0.25) is 0 Å². The highest BCUT2D eigenvalue weighted by atomic mass is 19.2. The normalized spacial score (nSPS) is 35.0. The van der Waals surface area contributed by atoms with Crippen LogP contribution in [-0.2, 0) is 9.53 Å².